The van der Waals surface area contributed by atoms with Crippen LogP contribution in [0.5, 0.6) is 0 Å². The van der Waals surface area contributed by atoms with E-state index in [0.717, 1.165) is 0 Å². The van der Waals surface area contributed by atoms with Crippen molar-refractivity contribution in [2.24, 2.45) is 5.41 Å². The molecular formula is C22H26FN3O3S. The topological polar surface area (TPSA) is 78.5 Å². The Morgan fingerprint density at radius 2 is 1.70 bits per heavy atom. The summed E-state index contributed by atoms with van der Waals surface area (Å²) in [6.07, 6.45) is 1.46. The van der Waals surface area contributed by atoms with Gasteiger partial charge in [-0.1, -0.05) is 36.4 Å². The van der Waals surface area contributed by atoms with Crippen LogP contribution in [-0.2, 0) is 21.2 Å². The van der Waals surface area contributed by atoms with E-state index in [1.807, 2.05) is 0 Å². The number of nitrogens with one attached hydrogen (secondary N) is 2. The first kappa shape index (κ1) is 21.0. The van der Waals surface area contributed by atoms with Gasteiger partial charge in [0.2, 0.25) is 15.9 Å². The van der Waals surface area contributed by atoms with Gasteiger partial charge in [-0.3, -0.25) is 4.79 Å². The summed E-state index contributed by atoms with van der Waals surface area (Å²) in [6.45, 7) is 1.74. The molecule has 0 radical (unpaired) electrons. The van der Waals surface area contributed by atoms with Crippen LogP contribution in [0.1, 0.15) is 18.4 Å². The lowest BCUT2D eigenvalue weighted by molar-refractivity contribution is -0.135. The van der Waals surface area contributed by atoms with E-state index >= 15 is 0 Å². The summed E-state index contributed by atoms with van der Waals surface area (Å²) in [7, 11) is -3.51. The number of rotatable bonds is 6. The maximum Gasteiger partial charge on any atom is 0.243 e. The molecule has 0 spiro atoms. The van der Waals surface area contributed by atoms with Gasteiger partial charge in [-0.15, -0.1) is 0 Å². The Balaban J connectivity index is 1.37. The molecule has 2 fully saturated rings. The van der Waals surface area contributed by atoms with Crippen LogP contribution in [0, 0.1) is 11.2 Å². The van der Waals surface area contributed by atoms with Gasteiger partial charge in [-0.2, -0.15) is 4.31 Å². The molecule has 2 N–H and O–H groups in total. The third kappa shape index (κ3) is 4.12. The lowest BCUT2D eigenvalue weighted by Crippen LogP contribution is -2.64. The molecule has 2 heterocycles. The minimum atomic E-state index is -3.51. The van der Waals surface area contributed by atoms with E-state index in [-0.39, 0.29) is 22.7 Å². The molecule has 8 heteroatoms. The fourth-order valence-corrected chi connectivity index (χ4v) is 5.61. The zero-order valence-corrected chi connectivity index (χ0v) is 17.5. The van der Waals surface area contributed by atoms with Crippen LogP contribution in [0.25, 0.3) is 0 Å². The van der Waals surface area contributed by atoms with Crippen LogP contribution >= 0.6 is 0 Å². The normalized spacial score (nSPS) is 19.8. The molecule has 0 aromatic heterocycles. The van der Waals surface area contributed by atoms with Gasteiger partial charge in [0, 0.05) is 32.2 Å². The summed E-state index contributed by atoms with van der Waals surface area (Å²) in [6, 6.07) is 14.9. The van der Waals surface area contributed by atoms with Crippen molar-refractivity contribution in [3.05, 3.63) is 66.0 Å². The van der Waals surface area contributed by atoms with Crippen LogP contribution in [0.2, 0.25) is 0 Å². The predicted molar refractivity (Wildman–Crippen MR) is 112 cm³/mol. The molecular weight excluding hydrogens is 405 g/mol. The number of hydrogen-bond acceptors (Lipinski definition) is 4. The van der Waals surface area contributed by atoms with Crippen LogP contribution in [0.15, 0.2) is 59.5 Å². The average molecular weight is 432 g/mol. The number of carbonyl (C=O) groups is 1. The minimum Gasteiger partial charge on any atom is -0.353 e. The van der Waals surface area contributed by atoms with Crippen LogP contribution in [0.4, 0.5) is 4.39 Å². The van der Waals surface area contributed by atoms with E-state index in [2.05, 4.69) is 10.6 Å². The van der Waals surface area contributed by atoms with E-state index in [1.165, 1.54) is 10.4 Å². The third-order valence-electron chi connectivity index (χ3n) is 6.07. The molecule has 30 heavy (non-hydrogen) atoms. The largest absolute Gasteiger partial charge is 0.353 e. The van der Waals surface area contributed by atoms with Crippen molar-refractivity contribution in [3.63, 3.8) is 0 Å². The number of piperidine rings is 1. The summed E-state index contributed by atoms with van der Waals surface area (Å²) < 4.78 is 41.1. The lowest BCUT2D eigenvalue weighted by atomic mass is 9.75. The predicted octanol–water partition coefficient (Wildman–Crippen LogP) is 1.93. The first-order chi connectivity index (χ1) is 14.4. The smallest absolute Gasteiger partial charge is 0.243 e. The minimum absolute atomic E-state index is 0.0854. The van der Waals surface area contributed by atoms with Gasteiger partial charge in [0.1, 0.15) is 5.82 Å². The summed E-state index contributed by atoms with van der Waals surface area (Å²) in [5.74, 6) is -0.384. The van der Waals surface area contributed by atoms with Gasteiger partial charge in [0.05, 0.1) is 10.3 Å². The average Bonchev–Trinajstić information content (AvgIpc) is 2.73. The SMILES string of the molecule is O=C(NC1CCN(S(=O)(=O)c2ccccc2)CC1)C1(Cc2ccccc2F)CNC1. The second kappa shape index (κ2) is 8.45. The Morgan fingerprint density at radius 1 is 1.07 bits per heavy atom. The van der Waals surface area contributed by atoms with Crippen molar-refractivity contribution >= 4 is 15.9 Å². The zero-order valence-electron chi connectivity index (χ0n) is 16.7. The van der Waals surface area contributed by atoms with Gasteiger partial charge in [-0.05, 0) is 43.0 Å². The van der Waals surface area contributed by atoms with E-state index in [9.17, 15) is 17.6 Å². The fourth-order valence-electron chi connectivity index (χ4n) is 4.12. The fraction of sp³-hybridized carbons (Fsp3) is 0.409. The maximum absolute atomic E-state index is 14.1. The third-order valence-corrected chi connectivity index (χ3v) is 7.98. The van der Waals surface area contributed by atoms with E-state index in [1.54, 1.807) is 48.5 Å². The van der Waals surface area contributed by atoms with Gasteiger partial charge in [0.25, 0.3) is 0 Å². The Bertz CT molecular complexity index is 1000. The molecule has 2 aliphatic rings. The molecule has 1 amide bonds. The molecule has 0 unspecified atom stereocenters. The van der Waals surface area contributed by atoms with Crippen LogP contribution < -0.4 is 10.6 Å². The molecule has 2 aromatic rings. The monoisotopic (exact) mass is 431 g/mol. The quantitative estimate of drug-likeness (QED) is 0.733. The van der Waals surface area contributed by atoms with Crippen molar-refractivity contribution in [1.82, 2.24) is 14.9 Å². The van der Waals surface area contributed by atoms with Crippen molar-refractivity contribution in [2.75, 3.05) is 26.2 Å². The highest BCUT2D eigenvalue weighted by Gasteiger charge is 2.45. The summed E-state index contributed by atoms with van der Waals surface area (Å²) >= 11 is 0. The Hall–Kier alpha value is -2.29. The summed E-state index contributed by atoms with van der Waals surface area (Å²) in [5, 5.41) is 6.22. The number of amides is 1. The van der Waals surface area contributed by atoms with Gasteiger partial charge in [0.15, 0.2) is 0 Å². The molecule has 2 saturated heterocycles. The molecule has 160 valence electrons. The van der Waals surface area contributed by atoms with Crippen molar-refractivity contribution < 1.29 is 17.6 Å². The number of nitrogens with zero attached hydrogens (tertiary/aromatic N) is 1. The van der Waals surface area contributed by atoms with Gasteiger partial charge in [-0.25, -0.2) is 12.8 Å². The number of halogens is 1. The molecule has 6 nitrogen and oxygen atoms in total. The molecule has 4 rings (SSSR count). The number of sulfonamides is 1. The lowest BCUT2D eigenvalue weighted by Gasteiger charge is -2.43. The number of benzene rings is 2. The van der Waals surface area contributed by atoms with Crippen molar-refractivity contribution in [3.8, 4) is 0 Å². The number of carbonyl (C=O) groups excluding carboxylic acids is 1. The van der Waals surface area contributed by atoms with E-state index in [4.69, 9.17) is 0 Å². The standard InChI is InChI=1S/C22H26FN3O3S/c23-20-9-5-4-6-17(20)14-22(15-24-16-22)21(27)25-18-10-12-26(13-11-18)30(28,29)19-7-2-1-3-8-19/h1-9,18,24H,10-16H2,(H,25,27). The highest BCUT2D eigenvalue weighted by molar-refractivity contribution is 7.89. The molecule has 0 saturated carbocycles. The van der Waals surface area contributed by atoms with Crippen LogP contribution in [-0.4, -0.2) is 50.9 Å². The summed E-state index contributed by atoms with van der Waals surface area (Å²) in [5.41, 5.74) is -0.118. The first-order valence-corrected chi connectivity index (χ1v) is 11.7. The summed E-state index contributed by atoms with van der Waals surface area (Å²) in [4.78, 5) is 13.3. The van der Waals surface area contributed by atoms with E-state index in [0.29, 0.717) is 51.0 Å². The van der Waals surface area contributed by atoms with Crippen molar-refractivity contribution in [2.45, 2.75) is 30.2 Å². The molecule has 0 aliphatic carbocycles. The van der Waals surface area contributed by atoms with E-state index < -0.39 is 15.4 Å². The van der Waals surface area contributed by atoms with Gasteiger partial charge >= 0.3 is 0 Å². The Morgan fingerprint density at radius 3 is 2.30 bits per heavy atom. The first-order valence-electron chi connectivity index (χ1n) is 10.2. The maximum atomic E-state index is 14.1. The number of hydrogen-bond donors (Lipinski definition) is 2. The second-order valence-corrected chi connectivity index (χ2v) is 10.1. The molecule has 2 aromatic carbocycles. The molecule has 2 aliphatic heterocycles. The Kier molecular flexibility index (Phi) is 5.90. The van der Waals surface area contributed by atoms with Gasteiger partial charge < -0.3 is 10.6 Å². The molecule has 0 bridgehead atoms. The van der Waals surface area contributed by atoms with Crippen LogP contribution in [0.3, 0.4) is 0 Å². The second-order valence-electron chi connectivity index (χ2n) is 8.12. The highest BCUT2D eigenvalue weighted by atomic mass is 32.2. The zero-order chi connectivity index (χ0) is 21.2. The highest BCUT2D eigenvalue weighted by Crippen LogP contribution is 2.30. The molecule has 0 atom stereocenters. The van der Waals surface area contributed by atoms with Crippen molar-refractivity contribution in [1.29, 1.82) is 0 Å². The Labute approximate surface area is 176 Å².